The van der Waals surface area contributed by atoms with Gasteiger partial charge in [0.25, 0.3) is 0 Å². The Morgan fingerprint density at radius 3 is 2.62 bits per heavy atom. The molecule has 0 aromatic carbocycles. The Labute approximate surface area is 136 Å². The van der Waals surface area contributed by atoms with Crippen LogP contribution in [0.15, 0.2) is 12.1 Å². The summed E-state index contributed by atoms with van der Waals surface area (Å²) >= 11 is 0. The fraction of sp³-hybridized carbons (Fsp3) is 0.571. The van der Waals surface area contributed by atoms with Gasteiger partial charge in [-0.1, -0.05) is 6.07 Å². The van der Waals surface area contributed by atoms with Crippen LogP contribution in [0.25, 0.3) is 0 Å². The van der Waals surface area contributed by atoms with E-state index >= 15 is 0 Å². The molecule has 1 saturated heterocycles. The SMILES string of the molecule is NCc1ccc(C(F)(F)F)nc1NCC1CCN(OC(=O)O)CC1. The number of hydrogen-bond acceptors (Lipinski definition) is 6. The van der Waals surface area contributed by atoms with Gasteiger partial charge >= 0.3 is 12.3 Å². The third kappa shape index (κ3) is 4.96. The molecular formula is C14H19F3N4O3. The lowest BCUT2D eigenvalue weighted by atomic mass is 9.98. The van der Waals surface area contributed by atoms with Crippen molar-refractivity contribution in [3.63, 3.8) is 0 Å². The molecule has 1 aromatic rings. The average molecular weight is 348 g/mol. The highest BCUT2D eigenvalue weighted by Crippen LogP contribution is 2.29. The molecule has 0 radical (unpaired) electrons. The topological polar surface area (TPSA) is 101 Å². The Balaban J connectivity index is 1.93. The second-order valence-electron chi connectivity index (χ2n) is 5.52. The summed E-state index contributed by atoms with van der Waals surface area (Å²) in [4.78, 5) is 18.6. The summed E-state index contributed by atoms with van der Waals surface area (Å²) in [6.07, 6.45) is -4.54. The van der Waals surface area contributed by atoms with Gasteiger partial charge < -0.3 is 21.0 Å². The Bertz CT molecular complexity index is 575. The zero-order chi connectivity index (χ0) is 17.7. The Hall–Kier alpha value is -2.07. The minimum absolute atomic E-state index is 0.0817. The maximum Gasteiger partial charge on any atom is 0.525 e. The molecule has 134 valence electrons. The van der Waals surface area contributed by atoms with E-state index in [0.717, 1.165) is 6.07 Å². The van der Waals surface area contributed by atoms with E-state index in [4.69, 9.17) is 10.8 Å². The van der Waals surface area contributed by atoms with Gasteiger partial charge in [-0.3, -0.25) is 0 Å². The molecule has 0 unspecified atom stereocenters. The quantitative estimate of drug-likeness (QED) is 0.750. The van der Waals surface area contributed by atoms with E-state index in [1.165, 1.54) is 11.1 Å². The first-order valence-electron chi connectivity index (χ1n) is 7.46. The molecule has 4 N–H and O–H groups in total. The lowest BCUT2D eigenvalue weighted by Gasteiger charge is -2.29. The van der Waals surface area contributed by atoms with Gasteiger partial charge in [-0.05, 0) is 24.8 Å². The number of nitrogens with two attached hydrogens (primary N) is 1. The smallest absolute Gasteiger partial charge is 0.448 e. The molecule has 2 heterocycles. The number of rotatable bonds is 5. The van der Waals surface area contributed by atoms with Crippen molar-refractivity contribution in [1.82, 2.24) is 10.0 Å². The summed E-state index contributed by atoms with van der Waals surface area (Å²) in [5, 5.41) is 12.8. The van der Waals surface area contributed by atoms with Crippen LogP contribution in [0, 0.1) is 5.92 Å². The number of nitrogens with zero attached hydrogens (tertiary/aromatic N) is 2. The molecular weight excluding hydrogens is 329 g/mol. The zero-order valence-electron chi connectivity index (χ0n) is 12.8. The predicted molar refractivity (Wildman–Crippen MR) is 79.0 cm³/mol. The van der Waals surface area contributed by atoms with Gasteiger partial charge in [-0.2, -0.15) is 13.2 Å². The van der Waals surface area contributed by atoms with Crippen LogP contribution in [0.2, 0.25) is 0 Å². The van der Waals surface area contributed by atoms with Crippen LogP contribution in [0.1, 0.15) is 24.1 Å². The van der Waals surface area contributed by atoms with Gasteiger partial charge in [0.1, 0.15) is 11.5 Å². The lowest BCUT2D eigenvalue weighted by Crippen LogP contribution is -2.37. The van der Waals surface area contributed by atoms with Gasteiger partial charge in [-0.15, -0.1) is 5.06 Å². The van der Waals surface area contributed by atoms with Crippen molar-refractivity contribution in [2.24, 2.45) is 11.7 Å². The number of carboxylic acid groups (broad SMARTS) is 1. The van der Waals surface area contributed by atoms with Crippen LogP contribution in [0.5, 0.6) is 0 Å². The highest BCUT2D eigenvalue weighted by Gasteiger charge is 2.33. The molecule has 24 heavy (non-hydrogen) atoms. The van der Waals surface area contributed by atoms with Crippen molar-refractivity contribution in [3.8, 4) is 0 Å². The van der Waals surface area contributed by atoms with Crippen LogP contribution >= 0.6 is 0 Å². The average Bonchev–Trinajstić information content (AvgIpc) is 2.52. The van der Waals surface area contributed by atoms with Crippen LogP contribution in [-0.2, 0) is 17.6 Å². The number of carbonyl (C=O) groups is 1. The van der Waals surface area contributed by atoms with E-state index in [2.05, 4.69) is 15.1 Å². The van der Waals surface area contributed by atoms with Crippen LogP contribution in [0.4, 0.5) is 23.8 Å². The van der Waals surface area contributed by atoms with Crippen LogP contribution < -0.4 is 11.1 Å². The monoisotopic (exact) mass is 348 g/mol. The van der Waals surface area contributed by atoms with Gasteiger partial charge in [0, 0.05) is 31.7 Å². The first-order valence-corrected chi connectivity index (χ1v) is 7.46. The standard InChI is InChI=1S/C14H19F3N4O3/c15-14(16,17)11-2-1-10(7-18)12(20-11)19-8-9-3-5-21(6-4-9)24-13(22)23/h1-2,9H,3-8,18H2,(H,19,20)(H,22,23). The van der Waals surface area contributed by atoms with Crippen molar-refractivity contribution >= 4 is 12.0 Å². The highest BCUT2D eigenvalue weighted by atomic mass is 19.4. The van der Waals surface area contributed by atoms with Gasteiger partial charge in [0.2, 0.25) is 0 Å². The summed E-state index contributed by atoms with van der Waals surface area (Å²) in [5.41, 5.74) is 5.09. The van der Waals surface area contributed by atoms with E-state index in [9.17, 15) is 18.0 Å². The largest absolute Gasteiger partial charge is 0.525 e. The maximum atomic E-state index is 12.8. The summed E-state index contributed by atoms with van der Waals surface area (Å²) < 4.78 is 38.3. The predicted octanol–water partition coefficient (Wildman–Crippen LogP) is 2.29. The molecule has 10 heteroatoms. The number of anilines is 1. The molecule has 1 aliphatic heterocycles. The van der Waals surface area contributed by atoms with Crippen molar-refractivity contribution in [1.29, 1.82) is 0 Å². The number of aromatic nitrogens is 1. The highest BCUT2D eigenvalue weighted by molar-refractivity contribution is 5.56. The first kappa shape index (κ1) is 18.3. The molecule has 7 nitrogen and oxygen atoms in total. The number of nitrogens with one attached hydrogen (secondary N) is 1. The molecule has 1 aliphatic rings. The summed E-state index contributed by atoms with van der Waals surface area (Å²) in [7, 11) is 0. The van der Waals surface area contributed by atoms with E-state index in [-0.39, 0.29) is 18.3 Å². The van der Waals surface area contributed by atoms with E-state index in [1.807, 2.05) is 0 Å². The zero-order valence-corrected chi connectivity index (χ0v) is 12.8. The molecule has 0 bridgehead atoms. The molecule has 0 atom stereocenters. The van der Waals surface area contributed by atoms with Crippen molar-refractivity contribution in [2.45, 2.75) is 25.6 Å². The van der Waals surface area contributed by atoms with E-state index < -0.39 is 18.0 Å². The second-order valence-corrected chi connectivity index (χ2v) is 5.52. The van der Waals surface area contributed by atoms with Gasteiger partial charge in [-0.25, -0.2) is 9.78 Å². The molecule has 0 aliphatic carbocycles. The van der Waals surface area contributed by atoms with Crippen molar-refractivity contribution in [2.75, 3.05) is 25.0 Å². The summed E-state index contributed by atoms with van der Waals surface area (Å²) in [6.45, 7) is 1.40. The third-order valence-corrected chi connectivity index (χ3v) is 3.83. The Morgan fingerprint density at radius 1 is 1.42 bits per heavy atom. The fourth-order valence-corrected chi connectivity index (χ4v) is 2.52. The molecule has 2 rings (SSSR count). The third-order valence-electron chi connectivity index (χ3n) is 3.83. The molecule has 1 fully saturated rings. The van der Waals surface area contributed by atoms with Gasteiger partial charge in [0.15, 0.2) is 0 Å². The van der Waals surface area contributed by atoms with Gasteiger partial charge in [0.05, 0.1) is 0 Å². The summed E-state index contributed by atoms with van der Waals surface area (Å²) in [5.74, 6) is 0.317. The number of hydroxylamine groups is 2. The van der Waals surface area contributed by atoms with Crippen molar-refractivity contribution in [3.05, 3.63) is 23.4 Å². The molecule has 0 spiro atoms. The number of pyridine rings is 1. The fourth-order valence-electron chi connectivity index (χ4n) is 2.52. The Morgan fingerprint density at radius 2 is 2.08 bits per heavy atom. The maximum absolute atomic E-state index is 12.8. The minimum Gasteiger partial charge on any atom is -0.448 e. The first-order chi connectivity index (χ1) is 11.3. The molecule has 0 amide bonds. The normalized spacial score (nSPS) is 16.8. The Kier molecular flexibility index (Phi) is 5.84. The second kappa shape index (κ2) is 7.67. The number of halogens is 3. The number of hydrogen-bond donors (Lipinski definition) is 3. The van der Waals surface area contributed by atoms with E-state index in [1.54, 1.807) is 0 Å². The van der Waals surface area contributed by atoms with E-state index in [0.29, 0.717) is 38.0 Å². The number of piperidine rings is 1. The molecule has 1 aromatic heterocycles. The summed E-state index contributed by atoms with van der Waals surface area (Å²) in [6, 6.07) is 2.23. The van der Waals surface area contributed by atoms with Crippen molar-refractivity contribution < 1.29 is 27.9 Å². The molecule has 0 saturated carbocycles. The lowest BCUT2D eigenvalue weighted by molar-refractivity contribution is -0.141. The van der Waals surface area contributed by atoms with Crippen LogP contribution in [-0.4, -0.2) is 40.9 Å². The minimum atomic E-state index is -4.51. The number of alkyl halides is 3. The van der Waals surface area contributed by atoms with Crippen LogP contribution in [0.3, 0.4) is 0 Å².